The van der Waals surface area contributed by atoms with Crippen molar-refractivity contribution in [2.75, 3.05) is 13.2 Å². The molecule has 0 spiro atoms. The third-order valence-electron chi connectivity index (χ3n) is 3.94. The third-order valence-corrected chi connectivity index (χ3v) is 3.94. The molecular formula is C14H30N2O. The average Bonchev–Trinajstić information content (AvgIpc) is 2.36. The van der Waals surface area contributed by atoms with Gasteiger partial charge in [0.15, 0.2) is 0 Å². The van der Waals surface area contributed by atoms with Crippen LogP contribution in [0, 0.1) is 5.92 Å². The van der Waals surface area contributed by atoms with Crippen LogP contribution < -0.4 is 11.1 Å². The van der Waals surface area contributed by atoms with Crippen LogP contribution in [0.5, 0.6) is 0 Å². The lowest BCUT2D eigenvalue weighted by molar-refractivity contribution is 0.262. The lowest BCUT2D eigenvalue weighted by Gasteiger charge is -2.28. The molecule has 1 fully saturated rings. The van der Waals surface area contributed by atoms with E-state index in [0.717, 1.165) is 25.3 Å². The molecule has 102 valence electrons. The zero-order valence-electron chi connectivity index (χ0n) is 11.3. The molecule has 2 atom stereocenters. The molecule has 0 bridgehead atoms. The van der Waals surface area contributed by atoms with Crippen LogP contribution in [0.25, 0.3) is 0 Å². The largest absolute Gasteiger partial charge is 0.396 e. The fourth-order valence-electron chi connectivity index (χ4n) is 2.94. The van der Waals surface area contributed by atoms with Gasteiger partial charge in [-0.3, -0.25) is 0 Å². The Morgan fingerprint density at radius 2 is 2.00 bits per heavy atom. The van der Waals surface area contributed by atoms with Crippen LogP contribution >= 0.6 is 0 Å². The average molecular weight is 242 g/mol. The molecule has 1 saturated carbocycles. The molecule has 4 N–H and O–H groups in total. The van der Waals surface area contributed by atoms with E-state index in [1.165, 1.54) is 38.5 Å². The van der Waals surface area contributed by atoms with E-state index in [0.29, 0.717) is 18.7 Å². The minimum absolute atomic E-state index is 0.294. The van der Waals surface area contributed by atoms with Crippen LogP contribution in [0.15, 0.2) is 0 Å². The van der Waals surface area contributed by atoms with Gasteiger partial charge in [0.25, 0.3) is 0 Å². The van der Waals surface area contributed by atoms with Crippen molar-refractivity contribution in [1.29, 1.82) is 0 Å². The van der Waals surface area contributed by atoms with Gasteiger partial charge in [-0.25, -0.2) is 0 Å². The zero-order valence-corrected chi connectivity index (χ0v) is 11.3. The van der Waals surface area contributed by atoms with Gasteiger partial charge in [0.1, 0.15) is 0 Å². The van der Waals surface area contributed by atoms with Crippen molar-refractivity contribution in [3.8, 4) is 0 Å². The van der Waals surface area contributed by atoms with Gasteiger partial charge in [-0.15, -0.1) is 0 Å². The van der Waals surface area contributed by atoms with Crippen molar-refractivity contribution >= 4 is 0 Å². The highest BCUT2D eigenvalue weighted by Crippen LogP contribution is 2.27. The number of hydrogen-bond donors (Lipinski definition) is 3. The van der Waals surface area contributed by atoms with Gasteiger partial charge in [-0.1, -0.05) is 32.1 Å². The first-order chi connectivity index (χ1) is 8.26. The molecule has 17 heavy (non-hydrogen) atoms. The second-order valence-electron chi connectivity index (χ2n) is 5.61. The number of rotatable bonds is 8. The van der Waals surface area contributed by atoms with E-state index in [4.69, 9.17) is 10.8 Å². The number of hydrogen-bond acceptors (Lipinski definition) is 3. The fraction of sp³-hybridized carbons (Fsp3) is 1.00. The van der Waals surface area contributed by atoms with Gasteiger partial charge >= 0.3 is 0 Å². The number of aliphatic hydroxyl groups is 1. The first kappa shape index (κ1) is 14.9. The highest BCUT2D eigenvalue weighted by Gasteiger charge is 2.19. The summed E-state index contributed by atoms with van der Waals surface area (Å²) in [7, 11) is 0. The van der Waals surface area contributed by atoms with Crippen LogP contribution in [-0.2, 0) is 0 Å². The highest BCUT2D eigenvalue weighted by atomic mass is 16.2. The summed E-state index contributed by atoms with van der Waals surface area (Å²) in [6, 6.07) is 0.936. The lowest BCUT2D eigenvalue weighted by Crippen LogP contribution is -2.42. The van der Waals surface area contributed by atoms with Crippen molar-refractivity contribution < 1.29 is 5.11 Å². The summed E-state index contributed by atoms with van der Waals surface area (Å²) in [6.45, 7) is 3.22. The Labute approximate surface area is 106 Å². The molecule has 1 aliphatic rings. The summed E-state index contributed by atoms with van der Waals surface area (Å²) in [5.41, 5.74) is 5.86. The quantitative estimate of drug-likeness (QED) is 0.610. The third kappa shape index (κ3) is 6.39. The highest BCUT2D eigenvalue weighted by molar-refractivity contribution is 4.77. The predicted molar refractivity (Wildman–Crippen MR) is 73.0 cm³/mol. The van der Waals surface area contributed by atoms with Gasteiger partial charge in [0, 0.05) is 25.2 Å². The first-order valence-electron chi connectivity index (χ1n) is 7.33. The Bertz CT molecular complexity index is 181. The molecule has 0 aliphatic heterocycles. The van der Waals surface area contributed by atoms with E-state index in [-0.39, 0.29) is 0 Å². The van der Waals surface area contributed by atoms with Gasteiger partial charge < -0.3 is 16.2 Å². The summed E-state index contributed by atoms with van der Waals surface area (Å²) in [6.07, 6.45) is 10.2. The molecule has 0 saturated heterocycles. The Morgan fingerprint density at radius 1 is 1.29 bits per heavy atom. The molecule has 0 heterocycles. The smallest absolute Gasteiger partial charge is 0.0431 e. The summed E-state index contributed by atoms with van der Waals surface area (Å²) in [5, 5.41) is 12.4. The maximum Gasteiger partial charge on any atom is 0.0431 e. The molecule has 0 aromatic carbocycles. The van der Waals surface area contributed by atoms with Crippen molar-refractivity contribution in [1.82, 2.24) is 5.32 Å². The number of nitrogens with two attached hydrogens (primary N) is 1. The van der Waals surface area contributed by atoms with Crippen LogP contribution in [0.1, 0.15) is 58.3 Å². The van der Waals surface area contributed by atoms with Crippen LogP contribution in [0.3, 0.4) is 0 Å². The molecule has 3 nitrogen and oxygen atoms in total. The monoisotopic (exact) mass is 242 g/mol. The second-order valence-corrected chi connectivity index (χ2v) is 5.61. The van der Waals surface area contributed by atoms with E-state index in [2.05, 4.69) is 12.2 Å². The molecule has 3 heteroatoms. The van der Waals surface area contributed by atoms with Gasteiger partial charge in [0.05, 0.1) is 0 Å². The Balaban J connectivity index is 2.21. The molecule has 0 radical (unpaired) electrons. The second kappa shape index (κ2) is 8.90. The standard InChI is InChI=1S/C14H30N2O/c1-12(6-5-9-17)16-14(11-15)10-13-7-3-2-4-8-13/h12-14,16-17H,2-11,15H2,1H3. The summed E-state index contributed by atoms with van der Waals surface area (Å²) in [5.74, 6) is 0.884. The van der Waals surface area contributed by atoms with Gasteiger partial charge in [-0.2, -0.15) is 0 Å². The summed E-state index contributed by atoms with van der Waals surface area (Å²) < 4.78 is 0. The normalized spacial score (nSPS) is 21.4. The van der Waals surface area contributed by atoms with E-state index >= 15 is 0 Å². The minimum atomic E-state index is 0.294. The number of nitrogens with one attached hydrogen (secondary N) is 1. The Hall–Kier alpha value is -0.120. The van der Waals surface area contributed by atoms with Crippen LogP contribution in [0.4, 0.5) is 0 Å². The predicted octanol–water partition coefficient (Wildman–Crippen LogP) is 2.03. The van der Waals surface area contributed by atoms with Crippen LogP contribution in [0.2, 0.25) is 0 Å². The molecule has 1 rings (SSSR count). The van der Waals surface area contributed by atoms with E-state index in [9.17, 15) is 0 Å². The SMILES string of the molecule is CC(CCCO)NC(CN)CC1CCCCC1. The fourth-order valence-corrected chi connectivity index (χ4v) is 2.94. The number of aliphatic hydroxyl groups excluding tert-OH is 1. The Kier molecular flexibility index (Phi) is 7.82. The maximum atomic E-state index is 8.82. The van der Waals surface area contributed by atoms with Crippen molar-refractivity contribution in [2.45, 2.75) is 70.4 Å². The van der Waals surface area contributed by atoms with E-state index in [1.54, 1.807) is 0 Å². The molecule has 0 aromatic heterocycles. The molecule has 0 aromatic rings. The molecule has 2 unspecified atom stereocenters. The van der Waals surface area contributed by atoms with Gasteiger partial charge in [-0.05, 0) is 32.1 Å². The lowest BCUT2D eigenvalue weighted by atomic mass is 9.84. The summed E-state index contributed by atoms with van der Waals surface area (Å²) in [4.78, 5) is 0. The Morgan fingerprint density at radius 3 is 2.59 bits per heavy atom. The van der Waals surface area contributed by atoms with Crippen LogP contribution in [-0.4, -0.2) is 30.3 Å². The van der Waals surface area contributed by atoms with Gasteiger partial charge in [0.2, 0.25) is 0 Å². The molecular weight excluding hydrogens is 212 g/mol. The van der Waals surface area contributed by atoms with E-state index < -0.39 is 0 Å². The maximum absolute atomic E-state index is 8.82. The van der Waals surface area contributed by atoms with Crippen molar-refractivity contribution in [2.24, 2.45) is 11.7 Å². The van der Waals surface area contributed by atoms with Crippen molar-refractivity contribution in [3.05, 3.63) is 0 Å². The first-order valence-corrected chi connectivity index (χ1v) is 7.33. The summed E-state index contributed by atoms with van der Waals surface area (Å²) >= 11 is 0. The topological polar surface area (TPSA) is 58.3 Å². The van der Waals surface area contributed by atoms with E-state index in [1.807, 2.05) is 0 Å². The zero-order chi connectivity index (χ0) is 12.5. The molecule has 0 amide bonds. The molecule has 1 aliphatic carbocycles. The van der Waals surface area contributed by atoms with Crippen molar-refractivity contribution in [3.63, 3.8) is 0 Å². The minimum Gasteiger partial charge on any atom is -0.396 e.